The molecule has 156 valence electrons. The Hall–Kier alpha value is -2.77. The Bertz CT molecular complexity index is 881. The first-order valence-corrected chi connectivity index (χ1v) is 9.12. The molecule has 0 amide bonds. The number of benzene rings is 2. The maximum absolute atomic E-state index is 14.0. The molecule has 1 aliphatic rings. The first-order valence-electron chi connectivity index (χ1n) is 9.12. The number of halogens is 4. The van der Waals surface area contributed by atoms with Gasteiger partial charge in [0.2, 0.25) is 0 Å². The lowest BCUT2D eigenvalue weighted by atomic mass is 10.0. The van der Waals surface area contributed by atoms with Crippen LogP contribution in [0.3, 0.4) is 0 Å². The predicted molar refractivity (Wildman–Crippen MR) is 96.4 cm³/mol. The summed E-state index contributed by atoms with van der Waals surface area (Å²) in [6.45, 7) is 1.90. The molecule has 1 saturated carbocycles. The van der Waals surface area contributed by atoms with Crippen LogP contribution in [0.25, 0.3) is 0 Å². The SMILES string of the molecule is C[C@@H](Cc1cccc(OC[C@H]2C[C@@H]2c2cc(OC(F)(F)F)ccc2F)c1)C(=O)O. The minimum absolute atomic E-state index is 0.0211. The van der Waals surface area contributed by atoms with Gasteiger partial charge in [0.1, 0.15) is 17.3 Å². The van der Waals surface area contributed by atoms with Crippen LogP contribution in [0.5, 0.6) is 11.5 Å². The summed E-state index contributed by atoms with van der Waals surface area (Å²) in [6.07, 6.45) is -3.86. The number of alkyl halides is 3. The van der Waals surface area contributed by atoms with E-state index in [1.807, 2.05) is 6.07 Å². The predicted octanol–water partition coefficient (Wildman–Crippen LogP) is 5.17. The molecule has 3 rings (SSSR count). The smallest absolute Gasteiger partial charge is 0.493 e. The number of carboxylic acids is 1. The van der Waals surface area contributed by atoms with Gasteiger partial charge in [-0.2, -0.15) is 0 Å². The second kappa shape index (κ2) is 8.31. The summed E-state index contributed by atoms with van der Waals surface area (Å²) in [5.41, 5.74) is 1.01. The summed E-state index contributed by atoms with van der Waals surface area (Å²) >= 11 is 0. The third kappa shape index (κ3) is 5.85. The molecule has 0 spiro atoms. The number of aliphatic carboxylic acids is 1. The second-order valence-electron chi connectivity index (χ2n) is 7.24. The van der Waals surface area contributed by atoms with Crippen molar-refractivity contribution >= 4 is 5.97 Å². The van der Waals surface area contributed by atoms with Crippen molar-refractivity contribution in [3.63, 3.8) is 0 Å². The maximum atomic E-state index is 14.0. The van der Waals surface area contributed by atoms with Crippen molar-refractivity contribution in [2.24, 2.45) is 11.8 Å². The molecular weight excluding hydrogens is 392 g/mol. The zero-order valence-corrected chi connectivity index (χ0v) is 15.6. The molecule has 1 N–H and O–H groups in total. The Morgan fingerprint density at radius 3 is 2.66 bits per heavy atom. The van der Waals surface area contributed by atoms with Gasteiger partial charge in [0.15, 0.2) is 0 Å². The van der Waals surface area contributed by atoms with Gasteiger partial charge >= 0.3 is 12.3 Å². The van der Waals surface area contributed by atoms with Crippen LogP contribution in [-0.4, -0.2) is 24.0 Å². The normalized spacial score (nSPS) is 19.5. The minimum Gasteiger partial charge on any atom is -0.493 e. The van der Waals surface area contributed by atoms with Crippen LogP contribution in [0.15, 0.2) is 42.5 Å². The molecule has 2 aromatic rings. The topological polar surface area (TPSA) is 55.8 Å². The van der Waals surface area contributed by atoms with Crippen molar-refractivity contribution in [1.82, 2.24) is 0 Å². The van der Waals surface area contributed by atoms with Crippen molar-refractivity contribution in [3.8, 4) is 11.5 Å². The molecule has 1 fully saturated rings. The number of rotatable bonds is 8. The summed E-state index contributed by atoms with van der Waals surface area (Å²) in [5.74, 6) is -2.10. The van der Waals surface area contributed by atoms with Crippen LogP contribution in [0.1, 0.15) is 30.4 Å². The Labute approximate surface area is 165 Å². The van der Waals surface area contributed by atoms with Crippen LogP contribution in [0.2, 0.25) is 0 Å². The van der Waals surface area contributed by atoms with Gasteiger partial charge in [-0.15, -0.1) is 13.2 Å². The van der Waals surface area contributed by atoms with Crippen molar-refractivity contribution in [3.05, 3.63) is 59.4 Å². The van der Waals surface area contributed by atoms with E-state index >= 15 is 0 Å². The standard InChI is InChI=1S/C21H20F4O4/c1-12(20(26)27)7-13-3-2-4-15(8-13)28-11-14-9-17(14)18-10-16(5-6-19(18)22)29-21(23,24)25/h2-6,8,10,12,14,17H,7,9,11H2,1H3,(H,26,27)/t12-,14+,17-/m0/s1. The van der Waals surface area contributed by atoms with E-state index in [1.54, 1.807) is 25.1 Å². The second-order valence-corrected chi connectivity index (χ2v) is 7.24. The number of hydrogen-bond acceptors (Lipinski definition) is 3. The van der Waals surface area contributed by atoms with E-state index in [9.17, 15) is 22.4 Å². The Kier molecular flexibility index (Phi) is 6.00. The number of ether oxygens (including phenoxy) is 2. The molecule has 0 bridgehead atoms. The summed E-state index contributed by atoms with van der Waals surface area (Å²) in [4.78, 5) is 11.0. The molecular formula is C21H20F4O4. The van der Waals surface area contributed by atoms with Gasteiger partial charge in [0, 0.05) is 5.92 Å². The van der Waals surface area contributed by atoms with E-state index < -0.39 is 29.8 Å². The molecule has 2 aromatic carbocycles. The van der Waals surface area contributed by atoms with E-state index in [-0.39, 0.29) is 24.0 Å². The maximum Gasteiger partial charge on any atom is 0.573 e. The number of carbonyl (C=O) groups is 1. The Morgan fingerprint density at radius 1 is 1.21 bits per heavy atom. The third-order valence-electron chi connectivity index (χ3n) is 4.85. The monoisotopic (exact) mass is 412 g/mol. The van der Waals surface area contributed by atoms with Gasteiger partial charge in [0.25, 0.3) is 0 Å². The average Bonchev–Trinajstić information content (AvgIpc) is 3.40. The minimum atomic E-state index is -4.83. The zero-order valence-electron chi connectivity index (χ0n) is 15.6. The molecule has 0 aromatic heterocycles. The molecule has 0 radical (unpaired) electrons. The Morgan fingerprint density at radius 2 is 1.97 bits per heavy atom. The van der Waals surface area contributed by atoms with Crippen LogP contribution in [0.4, 0.5) is 17.6 Å². The molecule has 1 aliphatic carbocycles. The van der Waals surface area contributed by atoms with Gasteiger partial charge in [-0.1, -0.05) is 19.1 Å². The summed E-state index contributed by atoms with van der Waals surface area (Å²) in [6, 6.07) is 10.1. The highest BCUT2D eigenvalue weighted by Crippen LogP contribution is 2.49. The molecule has 0 unspecified atom stereocenters. The van der Waals surface area contributed by atoms with E-state index in [0.717, 1.165) is 23.8 Å². The highest BCUT2D eigenvalue weighted by atomic mass is 19.4. The number of hydrogen-bond donors (Lipinski definition) is 1. The van der Waals surface area contributed by atoms with E-state index in [0.29, 0.717) is 18.6 Å². The molecule has 29 heavy (non-hydrogen) atoms. The van der Waals surface area contributed by atoms with Crippen molar-refractivity contribution in [2.45, 2.75) is 32.0 Å². The summed E-state index contributed by atoms with van der Waals surface area (Å²) in [7, 11) is 0. The van der Waals surface area contributed by atoms with Crippen LogP contribution < -0.4 is 9.47 Å². The van der Waals surface area contributed by atoms with Gasteiger partial charge in [-0.3, -0.25) is 4.79 Å². The van der Waals surface area contributed by atoms with E-state index in [2.05, 4.69) is 4.74 Å². The van der Waals surface area contributed by atoms with Crippen LogP contribution in [0, 0.1) is 17.7 Å². The van der Waals surface area contributed by atoms with Gasteiger partial charge in [0.05, 0.1) is 12.5 Å². The highest BCUT2D eigenvalue weighted by Gasteiger charge is 2.41. The van der Waals surface area contributed by atoms with E-state index in [1.165, 1.54) is 0 Å². The molecule has 0 aliphatic heterocycles. The number of carboxylic acid groups (broad SMARTS) is 1. The lowest BCUT2D eigenvalue weighted by Crippen LogP contribution is -2.17. The molecule has 0 saturated heterocycles. The van der Waals surface area contributed by atoms with Gasteiger partial charge < -0.3 is 14.6 Å². The fourth-order valence-electron chi connectivity index (χ4n) is 3.22. The quantitative estimate of drug-likeness (QED) is 0.608. The molecule has 3 atom stereocenters. The summed E-state index contributed by atoms with van der Waals surface area (Å²) < 4.78 is 60.7. The average molecular weight is 412 g/mol. The molecule has 0 heterocycles. The fraction of sp³-hybridized carbons (Fsp3) is 0.381. The van der Waals surface area contributed by atoms with Crippen LogP contribution in [-0.2, 0) is 11.2 Å². The first-order chi connectivity index (χ1) is 13.6. The lowest BCUT2D eigenvalue weighted by molar-refractivity contribution is -0.274. The fourth-order valence-corrected chi connectivity index (χ4v) is 3.22. The van der Waals surface area contributed by atoms with Crippen molar-refractivity contribution in [1.29, 1.82) is 0 Å². The van der Waals surface area contributed by atoms with Crippen LogP contribution >= 0.6 is 0 Å². The molecule has 8 heteroatoms. The highest BCUT2D eigenvalue weighted by molar-refractivity contribution is 5.69. The first kappa shape index (κ1) is 21.0. The lowest BCUT2D eigenvalue weighted by Gasteiger charge is -2.11. The van der Waals surface area contributed by atoms with Crippen molar-refractivity contribution < 1.29 is 36.9 Å². The zero-order chi connectivity index (χ0) is 21.2. The summed E-state index contributed by atoms with van der Waals surface area (Å²) in [5, 5.41) is 9.01. The molecule has 4 nitrogen and oxygen atoms in total. The van der Waals surface area contributed by atoms with Gasteiger partial charge in [-0.05, 0) is 60.2 Å². The largest absolute Gasteiger partial charge is 0.573 e. The van der Waals surface area contributed by atoms with Crippen molar-refractivity contribution in [2.75, 3.05) is 6.61 Å². The Balaban J connectivity index is 1.58. The third-order valence-corrected chi connectivity index (χ3v) is 4.85. The van der Waals surface area contributed by atoms with Gasteiger partial charge in [-0.25, -0.2) is 4.39 Å². The van der Waals surface area contributed by atoms with E-state index in [4.69, 9.17) is 9.84 Å².